The Balaban J connectivity index is 2.00. The highest BCUT2D eigenvalue weighted by Gasteiger charge is 2.28. The molecule has 1 aliphatic heterocycles. The van der Waals surface area contributed by atoms with Crippen LogP contribution in [0.25, 0.3) is 11.0 Å². The minimum absolute atomic E-state index is 0.0846. The number of aryl methyl sites for hydroxylation is 2. The van der Waals surface area contributed by atoms with Gasteiger partial charge in [0.15, 0.2) is 15.7 Å². The second kappa shape index (κ2) is 4.69. The zero-order valence-electron chi connectivity index (χ0n) is 11.5. The molecule has 1 fully saturated rings. The van der Waals surface area contributed by atoms with Crippen LogP contribution in [0.2, 0.25) is 0 Å². The van der Waals surface area contributed by atoms with E-state index in [4.69, 9.17) is 0 Å². The van der Waals surface area contributed by atoms with Gasteiger partial charge in [0, 0.05) is 12.6 Å². The number of hydrogen-bond donors (Lipinski definition) is 1. The van der Waals surface area contributed by atoms with Gasteiger partial charge in [0.2, 0.25) is 0 Å². The van der Waals surface area contributed by atoms with Gasteiger partial charge in [-0.3, -0.25) is 4.68 Å². The number of hydrogen-bond acceptors (Lipinski definition) is 6. The number of nitrogens with one attached hydrogen (secondary N) is 1. The van der Waals surface area contributed by atoms with E-state index < -0.39 is 9.84 Å². The van der Waals surface area contributed by atoms with Gasteiger partial charge < -0.3 is 5.32 Å². The third kappa shape index (κ3) is 2.24. The average Bonchev–Trinajstić information content (AvgIpc) is 2.91. The van der Waals surface area contributed by atoms with Crippen LogP contribution >= 0.6 is 0 Å². The number of aromatic nitrogens is 4. The number of anilines is 1. The maximum absolute atomic E-state index is 11.5. The molecule has 7 nitrogen and oxygen atoms in total. The minimum Gasteiger partial charge on any atom is -0.364 e. The van der Waals surface area contributed by atoms with Gasteiger partial charge in [-0.1, -0.05) is 0 Å². The first-order valence-corrected chi connectivity index (χ1v) is 8.47. The van der Waals surface area contributed by atoms with E-state index in [-0.39, 0.29) is 17.5 Å². The first-order valence-electron chi connectivity index (χ1n) is 6.65. The van der Waals surface area contributed by atoms with Gasteiger partial charge in [0.05, 0.1) is 17.2 Å². The predicted molar refractivity (Wildman–Crippen MR) is 76.4 cm³/mol. The zero-order valence-corrected chi connectivity index (χ0v) is 12.3. The van der Waals surface area contributed by atoms with Crippen LogP contribution in [-0.4, -0.2) is 45.7 Å². The number of fused-ring (bicyclic) bond motifs is 1. The number of sulfone groups is 1. The molecule has 0 aliphatic carbocycles. The van der Waals surface area contributed by atoms with Crippen LogP contribution in [0, 0.1) is 6.92 Å². The Bertz CT molecular complexity index is 753. The lowest BCUT2D eigenvalue weighted by atomic mass is 10.2. The molecule has 1 N–H and O–H groups in total. The average molecular weight is 295 g/mol. The highest BCUT2D eigenvalue weighted by Crippen LogP contribution is 2.24. The lowest BCUT2D eigenvalue weighted by Crippen LogP contribution is -2.22. The summed E-state index contributed by atoms with van der Waals surface area (Å²) in [6, 6.07) is -0.0846. The standard InChI is InChI=1S/C12H17N5O2S/c1-3-17-11-10(8(2)16-17)13-7-14-12(11)15-9-4-5-20(18,19)6-9/h7,9H,3-6H2,1-2H3,(H,13,14,15)/t9-/m0/s1. The van der Waals surface area contributed by atoms with Crippen molar-refractivity contribution in [3.05, 3.63) is 12.0 Å². The molecule has 1 saturated heterocycles. The molecule has 3 rings (SSSR count). The molecule has 0 aromatic carbocycles. The molecule has 0 bridgehead atoms. The van der Waals surface area contributed by atoms with Gasteiger partial charge in [0.1, 0.15) is 17.4 Å². The Hall–Kier alpha value is -1.70. The van der Waals surface area contributed by atoms with Crippen molar-refractivity contribution in [3.63, 3.8) is 0 Å². The van der Waals surface area contributed by atoms with Crippen molar-refractivity contribution >= 4 is 26.7 Å². The summed E-state index contributed by atoms with van der Waals surface area (Å²) in [4.78, 5) is 8.52. The minimum atomic E-state index is -2.91. The van der Waals surface area contributed by atoms with Crippen molar-refractivity contribution < 1.29 is 8.42 Å². The fourth-order valence-corrected chi connectivity index (χ4v) is 4.28. The molecule has 0 radical (unpaired) electrons. The van der Waals surface area contributed by atoms with Crippen molar-refractivity contribution in [1.29, 1.82) is 0 Å². The van der Waals surface area contributed by atoms with Gasteiger partial charge in [0.25, 0.3) is 0 Å². The predicted octanol–water partition coefficient (Wildman–Crippen LogP) is 0.754. The van der Waals surface area contributed by atoms with Crippen LogP contribution < -0.4 is 5.32 Å². The third-order valence-corrected chi connectivity index (χ3v) is 5.33. The van der Waals surface area contributed by atoms with Crippen molar-refractivity contribution in [2.24, 2.45) is 0 Å². The van der Waals surface area contributed by atoms with E-state index in [2.05, 4.69) is 20.4 Å². The van der Waals surface area contributed by atoms with Crippen molar-refractivity contribution in [3.8, 4) is 0 Å². The number of rotatable bonds is 3. The highest BCUT2D eigenvalue weighted by atomic mass is 32.2. The summed E-state index contributed by atoms with van der Waals surface area (Å²) in [7, 11) is -2.91. The highest BCUT2D eigenvalue weighted by molar-refractivity contribution is 7.91. The van der Waals surface area contributed by atoms with Crippen molar-refractivity contribution in [1.82, 2.24) is 19.7 Å². The Kier molecular flexibility index (Phi) is 3.12. The van der Waals surface area contributed by atoms with Gasteiger partial charge >= 0.3 is 0 Å². The largest absolute Gasteiger partial charge is 0.364 e. The summed E-state index contributed by atoms with van der Waals surface area (Å²) in [6.45, 7) is 4.63. The van der Waals surface area contributed by atoms with Gasteiger partial charge in [-0.25, -0.2) is 18.4 Å². The van der Waals surface area contributed by atoms with Crippen LogP contribution in [0.15, 0.2) is 6.33 Å². The SMILES string of the molecule is CCn1nc(C)c2ncnc(N[C@H]3CCS(=O)(=O)C3)c21. The monoisotopic (exact) mass is 295 g/mol. The van der Waals surface area contributed by atoms with Crippen LogP contribution in [0.5, 0.6) is 0 Å². The Morgan fingerprint density at radius 1 is 1.45 bits per heavy atom. The fourth-order valence-electron chi connectivity index (χ4n) is 2.60. The fraction of sp³-hybridized carbons (Fsp3) is 0.583. The molecule has 1 atom stereocenters. The van der Waals surface area contributed by atoms with Crippen LogP contribution in [0.3, 0.4) is 0 Å². The van der Waals surface area contributed by atoms with E-state index in [9.17, 15) is 8.42 Å². The van der Waals surface area contributed by atoms with E-state index in [1.54, 1.807) is 0 Å². The van der Waals surface area contributed by atoms with Crippen LogP contribution in [-0.2, 0) is 16.4 Å². The zero-order chi connectivity index (χ0) is 14.3. The summed E-state index contributed by atoms with van der Waals surface area (Å²) < 4.78 is 24.9. The van der Waals surface area contributed by atoms with E-state index >= 15 is 0 Å². The Morgan fingerprint density at radius 2 is 2.25 bits per heavy atom. The molecule has 8 heteroatoms. The molecule has 2 aromatic heterocycles. The molecule has 0 amide bonds. The maximum Gasteiger partial charge on any atom is 0.155 e. The van der Waals surface area contributed by atoms with Crippen molar-refractivity contribution in [2.75, 3.05) is 16.8 Å². The topological polar surface area (TPSA) is 89.8 Å². The molecule has 1 aliphatic rings. The number of nitrogens with zero attached hydrogens (tertiary/aromatic N) is 4. The normalized spacial score (nSPS) is 21.4. The van der Waals surface area contributed by atoms with Crippen LogP contribution in [0.1, 0.15) is 19.0 Å². The van der Waals surface area contributed by atoms with Gasteiger partial charge in [-0.05, 0) is 20.3 Å². The lowest BCUT2D eigenvalue weighted by molar-refractivity contribution is 0.602. The molecule has 0 unspecified atom stereocenters. The quantitative estimate of drug-likeness (QED) is 0.899. The second-order valence-electron chi connectivity index (χ2n) is 5.06. The summed E-state index contributed by atoms with van der Waals surface area (Å²) >= 11 is 0. The summed E-state index contributed by atoms with van der Waals surface area (Å²) in [5.74, 6) is 1.07. The third-order valence-electron chi connectivity index (χ3n) is 3.57. The summed E-state index contributed by atoms with van der Waals surface area (Å²) in [6.07, 6.45) is 2.11. The Labute approximate surface area is 117 Å². The summed E-state index contributed by atoms with van der Waals surface area (Å²) in [5, 5.41) is 7.66. The lowest BCUT2D eigenvalue weighted by Gasteiger charge is -2.12. The van der Waals surface area contributed by atoms with Gasteiger partial charge in [-0.2, -0.15) is 5.10 Å². The molecule has 2 aromatic rings. The molecular formula is C12H17N5O2S. The van der Waals surface area contributed by atoms with E-state index in [0.29, 0.717) is 12.2 Å². The molecule has 3 heterocycles. The molecule has 0 saturated carbocycles. The van der Waals surface area contributed by atoms with Gasteiger partial charge in [-0.15, -0.1) is 0 Å². The Morgan fingerprint density at radius 3 is 2.90 bits per heavy atom. The van der Waals surface area contributed by atoms with Crippen molar-refractivity contribution in [2.45, 2.75) is 32.9 Å². The maximum atomic E-state index is 11.5. The smallest absolute Gasteiger partial charge is 0.155 e. The van der Waals surface area contributed by atoms with Crippen LogP contribution in [0.4, 0.5) is 5.82 Å². The second-order valence-corrected chi connectivity index (χ2v) is 7.29. The molecular weight excluding hydrogens is 278 g/mol. The first-order chi connectivity index (χ1) is 9.50. The molecule has 108 valence electrons. The molecule has 0 spiro atoms. The first kappa shape index (κ1) is 13.3. The van der Waals surface area contributed by atoms with E-state index in [1.165, 1.54) is 6.33 Å². The summed E-state index contributed by atoms with van der Waals surface area (Å²) in [5.41, 5.74) is 2.51. The van der Waals surface area contributed by atoms with E-state index in [1.807, 2.05) is 18.5 Å². The molecule has 20 heavy (non-hydrogen) atoms. The van der Waals surface area contributed by atoms with E-state index in [0.717, 1.165) is 23.3 Å².